The van der Waals surface area contributed by atoms with Crippen LogP contribution in [0, 0.1) is 0 Å². The van der Waals surface area contributed by atoms with Gasteiger partial charge in [0.2, 0.25) is 5.82 Å². The summed E-state index contributed by atoms with van der Waals surface area (Å²) in [6, 6.07) is 11.9. The Hall–Kier alpha value is -5.17. The van der Waals surface area contributed by atoms with Crippen LogP contribution in [-0.2, 0) is 15.7 Å². The zero-order chi connectivity index (χ0) is 36.4. The Labute approximate surface area is 292 Å². The van der Waals surface area contributed by atoms with Gasteiger partial charge in [0.05, 0.1) is 11.9 Å². The summed E-state index contributed by atoms with van der Waals surface area (Å²) < 4.78 is 8.37. The average molecular weight is 682 g/mol. The van der Waals surface area contributed by atoms with Crippen molar-refractivity contribution in [3.8, 4) is 5.75 Å². The van der Waals surface area contributed by atoms with Crippen molar-refractivity contribution < 1.29 is 19.1 Å². The molecule has 264 valence electrons. The van der Waals surface area contributed by atoms with Gasteiger partial charge in [0, 0.05) is 35.0 Å². The third kappa shape index (κ3) is 7.52. The molecule has 0 aliphatic heterocycles. The zero-order valence-electron chi connectivity index (χ0n) is 30.2. The van der Waals surface area contributed by atoms with Gasteiger partial charge < -0.3 is 20.3 Å². The highest BCUT2D eigenvalue weighted by Gasteiger charge is 2.38. The van der Waals surface area contributed by atoms with Crippen LogP contribution in [0.15, 0.2) is 60.8 Å². The lowest BCUT2D eigenvalue weighted by Gasteiger charge is -2.34. The monoisotopic (exact) mass is 681 g/mol. The van der Waals surface area contributed by atoms with Crippen molar-refractivity contribution in [1.82, 2.24) is 40.1 Å². The number of urea groups is 1. The zero-order valence-corrected chi connectivity index (χ0v) is 30.2. The number of anilines is 1. The van der Waals surface area contributed by atoms with Gasteiger partial charge in [0.25, 0.3) is 5.91 Å². The summed E-state index contributed by atoms with van der Waals surface area (Å²) in [6.45, 7) is 14.4. The van der Waals surface area contributed by atoms with E-state index in [1.807, 2.05) is 88.5 Å². The number of amides is 3. The van der Waals surface area contributed by atoms with Crippen LogP contribution in [0.3, 0.4) is 0 Å². The van der Waals surface area contributed by atoms with E-state index in [0.717, 1.165) is 17.9 Å². The molecule has 0 unspecified atom stereocenters. The van der Waals surface area contributed by atoms with Crippen LogP contribution < -0.4 is 20.7 Å². The maximum absolute atomic E-state index is 13.6. The van der Waals surface area contributed by atoms with Crippen LogP contribution in [-0.4, -0.2) is 73.9 Å². The molecule has 1 aromatic carbocycles. The summed E-state index contributed by atoms with van der Waals surface area (Å²) in [4.78, 5) is 50.5. The van der Waals surface area contributed by atoms with Gasteiger partial charge in [-0.3, -0.25) is 19.3 Å². The van der Waals surface area contributed by atoms with E-state index in [-0.39, 0.29) is 23.1 Å². The minimum absolute atomic E-state index is 0.0729. The first kappa shape index (κ1) is 36.1. The molecule has 50 heavy (non-hydrogen) atoms. The molecule has 3 N–H and O–H groups in total. The van der Waals surface area contributed by atoms with Gasteiger partial charge >= 0.3 is 6.03 Å². The van der Waals surface area contributed by atoms with E-state index in [4.69, 9.17) is 4.74 Å². The predicted molar refractivity (Wildman–Crippen MR) is 191 cm³/mol. The second-order valence-corrected chi connectivity index (χ2v) is 14.6. The minimum Gasteiger partial charge on any atom is -0.480 e. The van der Waals surface area contributed by atoms with Gasteiger partial charge in [0.1, 0.15) is 29.0 Å². The third-order valence-corrected chi connectivity index (χ3v) is 9.30. The number of carbonyl (C=O) groups is 3. The van der Waals surface area contributed by atoms with Crippen molar-refractivity contribution in [3.63, 3.8) is 0 Å². The maximum atomic E-state index is 13.6. The van der Waals surface area contributed by atoms with Crippen LogP contribution in [0.25, 0.3) is 5.65 Å². The number of hydrogen-bond acceptors (Lipinski definition) is 9. The minimum atomic E-state index is -1.50. The van der Waals surface area contributed by atoms with E-state index in [0.29, 0.717) is 35.4 Å². The summed E-state index contributed by atoms with van der Waals surface area (Å²) in [5.41, 5.74) is 0.301. The van der Waals surface area contributed by atoms with Gasteiger partial charge in [-0.2, -0.15) is 0 Å². The standard InChI is InChI=1S/C37H47N9O4/c1-10-23(2)32-44-43-30-16-15-24(20-46(30)32)50-27-17-18-37(22-47,26-14-12-11-13-25(26)27)42-34(49)41-29-19-28(35(3,4)5)39-31(40-29)33(48)38-21-36(6,7)45(8)9/h11-20,22-23,27H,10,21H2,1-9H3,(H,38,48)(H2,39,40,41,42,49)/t23-,27+,37+/m0/s1. The Bertz CT molecular complexity index is 1930. The average Bonchev–Trinajstić information content (AvgIpc) is 3.50. The number of ether oxygens (including phenoxy) is 1. The van der Waals surface area contributed by atoms with Crippen LogP contribution in [0.5, 0.6) is 5.75 Å². The van der Waals surface area contributed by atoms with E-state index < -0.39 is 29.0 Å². The molecule has 0 saturated carbocycles. The molecule has 0 spiro atoms. The molecule has 13 nitrogen and oxygen atoms in total. The summed E-state index contributed by atoms with van der Waals surface area (Å²) in [7, 11) is 3.87. The molecular weight excluding hydrogens is 634 g/mol. The van der Waals surface area contributed by atoms with Crippen molar-refractivity contribution in [3.05, 3.63) is 89.3 Å². The summed E-state index contributed by atoms with van der Waals surface area (Å²) in [5.74, 6) is 1.24. The molecule has 3 atom stereocenters. The predicted octanol–water partition coefficient (Wildman–Crippen LogP) is 5.31. The number of likely N-dealkylation sites (N-methyl/N-ethyl adjacent to an activating group) is 1. The smallest absolute Gasteiger partial charge is 0.321 e. The van der Waals surface area contributed by atoms with E-state index in [2.05, 4.69) is 50.0 Å². The third-order valence-electron chi connectivity index (χ3n) is 9.30. The molecule has 3 amide bonds. The second-order valence-electron chi connectivity index (χ2n) is 14.6. The molecule has 4 aromatic rings. The number of nitrogens with zero attached hydrogens (tertiary/aromatic N) is 6. The highest BCUT2D eigenvalue weighted by atomic mass is 16.5. The lowest BCUT2D eigenvalue weighted by atomic mass is 9.81. The summed E-state index contributed by atoms with van der Waals surface area (Å²) >= 11 is 0. The number of rotatable bonds is 11. The molecule has 13 heteroatoms. The Balaban J connectivity index is 1.38. The van der Waals surface area contributed by atoms with Gasteiger partial charge in [-0.25, -0.2) is 14.8 Å². The fraction of sp³-hybridized carbons (Fsp3) is 0.432. The van der Waals surface area contributed by atoms with Crippen LogP contribution in [0.2, 0.25) is 0 Å². The van der Waals surface area contributed by atoms with Gasteiger partial charge in [0.15, 0.2) is 11.9 Å². The van der Waals surface area contributed by atoms with Crippen molar-refractivity contribution in [1.29, 1.82) is 0 Å². The molecule has 1 aliphatic rings. The summed E-state index contributed by atoms with van der Waals surface area (Å²) in [5, 5.41) is 17.1. The number of aromatic nitrogens is 5. The van der Waals surface area contributed by atoms with Crippen molar-refractivity contribution in [2.24, 2.45) is 0 Å². The molecule has 3 aromatic heterocycles. The second kappa shape index (κ2) is 14.0. The number of carbonyl (C=O) groups excluding carboxylic acids is 3. The number of hydrogen-bond donors (Lipinski definition) is 3. The SMILES string of the molecule is CC[C@H](C)c1nnc2ccc(O[C@@H]3C=C[C@](C=O)(NC(=O)Nc4cc(C(C)(C)C)nc(C(=O)NCC(C)(C)N(C)C)n4)c4ccccc43)cn12. The van der Waals surface area contributed by atoms with E-state index in [1.165, 1.54) is 0 Å². The van der Waals surface area contributed by atoms with Crippen molar-refractivity contribution in [2.45, 2.75) is 83.4 Å². The van der Waals surface area contributed by atoms with Gasteiger partial charge in [-0.05, 0) is 64.2 Å². The number of nitrogens with one attached hydrogen (secondary N) is 3. The van der Waals surface area contributed by atoms with Gasteiger partial charge in [-0.15, -0.1) is 10.2 Å². The Kier molecular flexibility index (Phi) is 10.1. The number of benzene rings is 1. The number of fused-ring (bicyclic) bond motifs is 2. The molecule has 1 aliphatic carbocycles. The molecule has 0 bridgehead atoms. The Morgan fingerprint density at radius 2 is 1.82 bits per heavy atom. The molecular formula is C37H47N9O4. The quantitative estimate of drug-likeness (QED) is 0.141. The Morgan fingerprint density at radius 1 is 1.08 bits per heavy atom. The highest BCUT2D eigenvalue weighted by molar-refractivity contribution is 5.94. The topological polar surface area (TPSA) is 156 Å². The number of pyridine rings is 1. The fourth-order valence-electron chi connectivity index (χ4n) is 5.39. The Morgan fingerprint density at radius 3 is 2.50 bits per heavy atom. The van der Waals surface area contributed by atoms with Crippen LogP contribution in [0.4, 0.5) is 10.6 Å². The van der Waals surface area contributed by atoms with E-state index >= 15 is 0 Å². The van der Waals surface area contributed by atoms with Crippen LogP contribution >= 0.6 is 0 Å². The highest BCUT2D eigenvalue weighted by Crippen LogP contribution is 2.37. The molecule has 0 radical (unpaired) electrons. The lowest BCUT2D eigenvalue weighted by Crippen LogP contribution is -2.49. The lowest BCUT2D eigenvalue weighted by molar-refractivity contribution is -0.111. The first-order chi connectivity index (χ1) is 23.6. The largest absolute Gasteiger partial charge is 0.480 e. The molecule has 5 rings (SSSR count). The molecule has 0 fully saturated rings. The first-order valence-electron chi connectivity index (χ1n) is 16.8. The molecule has 3 heterocycles. The van der Waals surface area contributed by atoms with Crippen molar-refractivity contribution >= 4 is 29.7 Å². The molecule has 0 saturated heterocycles. The summed E-state index contributed by atoms with van der Waals surface area (Å²) in [6.07, 6.45) is 6.31. The van der Waals surface area contributed by atoms with E-state index in [9.17, 15) is 14.4 Å². The maximum Gasteiger partial charge on any atom is 0.321 e. The van der Waals surface area contributed by atoms with E-state index in [1.54, 1.807) is 30.4 Å². The van der Waals surface area contributed by atoms with Crippen molar-refractivity contribution in [2.75, 3.05) is 26.0 Å². The fourth-order valence-corrected chi connectivity index (χ4v) is 5.39. The normalized spacial score (nSPS) is 18.0. The number of aldehydes is 1. The van der Waals surface area contributed by atoms with Crippen LogP contribution in [0.1, 0.15) is 100 Å². The first-order valence-corrected chi connectivity index (χ1v) is 16.8. The van der Waals surface area contributed by atoms with Gasteiger partial charge in [-0.1, -0.05) is 58.9 Å².